The number of hydrogen-bond acceptors (Lipinski definition) is 5. The molecule has 0 saturated carbocycles. The van der Waals surface area contributed by atoms with E-state index >= 15 is 0 Å². The number of amides is 1. The van der Waals surface area contributed by atoms with Crippen molar-refractivity contribution in [1.29, 1.82) is 0 Å². The van der Waals surface area contributed by atoms with Crippen LogP contribution in [0.1, 0.15) is 42.5 Å². The van der Waals surface area contributed by atoms with E-state index in [1.807, 2.05) is 6.07 Å². The lowest BCUT2D eigenvalue weighted by Crippen LogP contribution is -2.29. The lowest BCUT2D eigenvalue weighted by molar-refractivity contribution is -0.140. The minimum atomic E-state index is -0.776. The van der Waals surface area contributed by atoms with Crippen molar-refractivity contribution in [3.63, 3.8) is 0 Å². The van der Waals surface area contributed by atoms with E-state index in [2.05, 4.69) is 11.9 Å². The topological polar surface area (TPSA) is 79.7 Å². The first-order valence-electron chi connectivity index (χ1n) is 11.2. The van der Waals surface area contributed by atoms with Crippen LogP contribution in [0.4, 0.5) is 0 Å². The van der Waals surface area contributed by atoms with Crippen LogP contribution in [-0.4, -0.2) is 33.3 Å². The summed E-state index contributed by atoms with van der Waals surface area (Å²) in [6.07, 6.45) is 5.20. The van der Waals surface area contributed by atoms with Crippen molar-refractivity contribution in [2.75, 3.05) is 6.61 Å². The Morgan fingerprint density at radius 2 is 1.91 bits per heavy atom. The van der Waals surface area contributed by atoms with Gasteiger partial charge in [-0.05, 0) is 47.9 Å². The van der Waals surface area contributed by atoms with Crippen molar-refractivity contribution in [3.8, 4) is 5.75 Å². The number of hydrogen-bond donors (Lipinski definition) is 1. The van der Waals surface area contributed by atoms with Gasteiger partial charge in [0.1, 0.15) is 11.5 Å². The van der Waals surface area contributed by atoms with Gasteiger partial charge >= 0.3 is 0 Å². The first-order chi connectivity index (χ1) is 16.5. The molecule has 1 fully saturated rings. The Morgan fingerprint density at radius 1 is 1.12 bits per heavy atom. The van der Waals surface area contributed by atoms with E-state index in [-0.39, 0.29) is 17.9 Å². The van der Waals surface area contributed by atoms with Crippen LogP contribution in [-0.2, 0) is 16.1 Å². The second kappa shape index (κ2) is 10.5. The van der Waals surface area contributed by atoms with Crippen LogP contribution >= 0.6 is 11.6 Å². The second-order valence-electron chi connectivity index (χ2n) is 8.07. The molecular weight excluding hydrogens is 452 g/mol. The Hall–Kier alpha value is -3.64. The molecule has 7 heteroatoms. The van der Waals surface area contributed by atoms with Gasteiger partial charge in [0.05, 0.1) is 18.2 Å². The molecule has 1 N–H and O–H groups in total. The quantitative estimate of drug-likeness (QED) is 0.200. The summed E-state index contributed by atoms with van der Waals surface area (Å²) in [4.78, 5) is 31.9. The molecule has 1 aliphatic heterocycles. The maximum Gasteiger partial charge on any atom is 0.295 e. The number of aromatic nitrogens is 1. The average Bonchev–Trinajstić information content (AvgIpc) is 3.10. The van der Waals surface area contributed by atoms with Crippen molar-refractivity contribution in [1.82, 2.24) is 9.88 Å². The summed E-state index contributed by atoms with van der Waals surface area (Å²) in [6.45, 7) is 2.80. The lowest BCUT2D eigenvalue weighted by Gasteiger charge is -2.25. The van der Waals surface area contributed by atoms with Crippen LogP contribution in [0.2, 0.25) is 5.02 Å². The third kappa shape index (κ3) is 4.97. The van der Waals surface area contributed by atoms with E-state index < -0.39 is 17.7 Å². The van der Waals surface area contributed by atoms with Crippen molar-refractivity contribution < 1.29 is 19.4 Å². The smallest absolute Gasteiger partial charge is 0.295 e. The number of aliphatic hydroxyl groups is 1. The van der Waals surface area contributed by atoms with Crippen molar-refractivity contribution in [3.05, 3.63) is 100 Å². The number of pyridine rings is 1. The monoisotopic (exact) mass is 476 g/mol. The predicted octanol–water partition coefficient (Wildman–Crippen LogP) is 5.54. The number of halogens is 1. The number of ketones is 1. The molecule has 3 aromatic rings. The Labute approximate surface area is 203 Å². The fraction of sp³-hybridized carbons (Fsp3) is 0.222. The molecule has 0 bridgehead atoms. The number of Topliss-reactive ketones (excluding diaryl/α,β-unsaturated/α-hetero) is 1. The highest BCUT2D eigenvalue weighted by Gasteiger charge is 2.46. The number of unbranched alkanes of at least 4 members (excludes halogenated alkanes) is 1. The molecule has 2 aromatic carbocycles. The van der Waals surface area contributed by atoms with Gasteiger partial charge in [0.15, 0.2) is 0 Å². The summed E-state index contributed by atoms with van der Waals surface area (Å²) in [5.41, 5.74) is 1.88. The van der Waals surface area contributed by atoms with Crippen LogP contribution < -0.4 is 4.74 Å². The molecular formula is C27H25ClN2O4. The molecule has 0 aliphatic carbocycles. The standard InChI is InChI=1S/C27H25ClN2O4/c1-2-3-14-34-22-8-4-7-20(15-22)25(31)23-24(19-9-11-21(28)12-10-19)30(27(33)26(23)32)17-18-6-5-13-29-16-18/h4-13,15-16,24,31H,2-3,14,17H2,1H3/b25-23+. The van der Waals surface area contributed by atoms with Crippen molar-refractivity contribution in [2.24, 2.45) is 0 Å². The van der Waals surface area contributed by atoms with Crippen LogP contribution in [0.3, 0.4) is 0 Å². The highest BCUT2D eigenvalue weighted by molar-refractivity contribution is 6.46. The zero-order chi connectivity index (χ0) is 24.1. The summed E-state index contributed by atoms with van der Waals surface area (Å²) in [7, 11) is 0. The largest absolute Gasteiger partial charge is 0.507 e. The Balaban J connectivity index is 1.78. The predicted molar refractivity (Wildman–Crippen MR) is 130 cm³/mol. The molecule has 174 valence electrons. The molecule has 1 unspecified atom stereocenters. The third-order valence-corrected chi connectivity index (χ3v) is 5.93. The number of benzene rings is 2. The van der Waals surface area contributed by atoms with Gasteiger partial charge in [0.2, 0.25) is 0 Å². The average molecular weight is 477 g/mol. The lowest BCUT2D eigenvalue weighted by atomic mass is 9.95. The summed E-state index contributed by atoms with van der Waals surface area (Å²) < 4.78 is 5.76. The van der Waals surface area contributed by atoms with Gasteiger partial charge in [0.25, 0.3) is 11.7 Å². The molecule has 0 radical (unpaired) electrons. The maximum atomic E-state index is 13.2. The molecule has 6 nitrogen and oxygen atoms in total. The minimum Gasteiger partial charge on any atom is -0.507 e. The van der Waals surface area contributed by atoms with Gasteiger partial charge in [-0.1, -0.05) is 55.3 Å². The van der Waals surface area contributed by atoms with Crippen LogP contribution in [0.5, 0.6) is 5.75 Å². The molecule has 2 heterocycles. The van der Waals surface area contributed by atoms with E-state index in [0.717, 1.165) is 18.4 Å². The van der Waals surface area contributed by atoms with E-state index in [4.69, 9.17) is 16.3 Å². The minimum absolute atomic E-state index is 0.0296. The zero-order valence-corrected chi connectivity index (χ0v) is 19.5. The summed E-state index contributed by atoms with van der Waals surface area (Å²) in [6, 6.07) is 16.7. The van der Waals surface area contributed by atoms with Gasteiger partial charge in [0, 0.05) is 29.5 Å². The Bertz CT molecular complexity index is 1210. The van der Waals surface area contributed by atoms with Gasteiger partial charge in [-0.15, -0.1) is 0 Å². The molecule has 1 amide bonds. The number of carbonyl (C=O) groups excluding carboxylic acids is 2. The SMILES string of the molecule is CCCCOc1cccc(/C(O)=C2\C(=O)C(=O)N(Cc3cccnc3)C2c2ccc(Cl)cc2)c1. The first kappa shape index (κ1) is 23.5. The van der Waals surface area contributed by atoms with Gasteiger partial charge in [-0.25, -0.2) is 0 Å². The molecule has 1 aromatic heterocycles. The zero-order valence-electron chi connectivity index (χ0n) is 18.8. The molecule has 34 heavy (non-hydrogen) atoms. The van der Waals surface area contributed by atoms with E-state index in [0.29, 0.717) is 28.5 Å². The van der Waals surface area contributed by atoms with Crippen molar-refractivity contribution >= 4 is 29.1 Å². The molecule has 1 aliphatic rings. The Kier molecular flexibility index (Phi) is 7.28. The Morgan fingerprint density at radius 3 is 2.62 bits per heavy atom. The number of aliphatic hydroxyl groups excluding tert-OH is 1. The number of ether oxygens (including phenoxy) is 1. The molecule has 4 rings (SSSR count). The second-order valence-corrected chi connectivity index (χ2v) is 8.51. The van der Waals surface area contributed by atoms with E-state index in [9.17, 15) is 14.7 Å². The fourth-order valence-electron chi connectivity index (χ4n) is 3.95. The first-order valence-corrected chi connectivity index (χ1v) is 11.5. The number of carbonyl (C=O) groups is 2. The highest BCUT2D eigenvalue weighted by Crippen LogP contribution is 2.40. The van der Waals surface area contributed by atoms with Crippen LogP contribution in [0.15, 0.2) is 78.6 Å². The highest BCUT2D eigenvalue weighted by atomic mass is 35.5. The number of likely N-dealkylation sites (tertiary alicyclic amines) is 1. The fourth-order valence-corrected chi connectivity index (χ4v) is 4.07. The summed E-state index contributed by atoms with van der Waals surface area (Å²) >= 11 is 6.08. The molecule has 0 spiro atoms. The van der Waals surface area contributed by atoms with Gasteiger partial charge in [-0.3, -0.25) is 14.6 Å². The molecule has 1 atom stereocenters. The van der Waals surface area contributed by atoms with Crippen LogP contribution in [0, 0.1) is 0 Å². The van der Waals surface area contributed by atoms with E-state index in [1.54, 1.807) is 67.0 Å². The van der Waals surface area contributed by atoms with Gasteiger partial charge < -0.3 is 14.7 Å². The normalized spacial score (nSPS) is 17.2. The van der Waals surface area contributed by atoms with Crippen molar-refractivity contribution in [2.45, 2.75) is 32.4 Å². The molecule has 1 saturated heterocycles. The summed E-state index contributed by atoms with van der Waals surface area (Å²) in [5, 5.41) is 11.8. The van der Waals surface area contributed by atoms with Gasteiger partial charge in [-0.2, -0.15) is 0 Å². The van der Waals surface area contributed by atoms with Crippen LogP contribution in [0.25, 0.3) is 5.76 Å². The number of rotatable bonds is 8. The number of nitrogens with zero attached hydrogens (tertiary/aromatic N) is 2. The maximum absolute atomic E-state index is 13.2. The summed E-state index contributed by atoms with van der Waals surface area (Å²) in [5.74, 6) is -1.07. The third-order valence-electron chi connectivity index (χ3n) is 5.68. The van der Waals surface area contributed by atoms with E-state index in [1.165, 1.54) is 4.90 Å².